The number of methoxy groups -OCH3 is 1. The van der Waals surface area contributed by atoms with E-state index in [1.807, 2.05) is 19.1 Å². The van der Waals surface area contributed by atoms with Gasteiger partial charge in [-0.15, -0.1) is 0 Å². The molecule has 0 saturated heterocycles. The molecule has 1 aliphatic carbocycles. The first-order chi connectivity index (χ1) is 11.7. The highest BCUT2D eigenvalue weighted by atomic mass is 16.6. The van der Waals surface area contributed by atoms with Gasteiger partial charge in [-0.05, 0) is 18.8 Å². The van der Waals surface area contributed by atoms with Crippen molar-refractivity contribution in [2.24, 2.45) is 5.41 Å². The molecule has 0 fully saturated rings. The van der Waals surface area contributed by atoms with Gasteiger partial charge in [0.15, 0.2) is 11.4 Å². The molecule has 0 bridgehead atoms. The maximum atomic E-state index is 12.8. The summed E-state index contributed by atoms with van der Waals surface area (Å²) in [4.78, 5) is 28.2. The molecule has 1 heterocycles. The van der Waals surface area contributed by atoms with E-state index >= 15 is 0 Å². The number of amides is 1. The molecule has 2 rings (SSSR count). The third-order valence-corrected chi connectivity index (χ3v) is 4.04. The number of hydrogen-bond acceptors (Lipinski definition) is 5. The number of ether oxygens (including phenoxy) is 2. The summed E-state index contributed by atoms with van der Waals surface area (Å²) in [6.07, 6.45) is 8.32. The first kappa shape index (κ1) is 18.7. The van der Waals surface area contributed by atoms with Gasteiger partial charge in [0.05, 0.1) is 13.2 Å². The van der Waals surface area contributed by atoms with Crippen molar-refractivity contribution < 1.29 is 19.1 Å². The van der Waals surface area contributed by atoms with Crippen LogP contribution in [-0.4, -0.2) is 30.0 Å². The minimum atomic E-state index is -0.545. The molecular formula is C19H24N2O4. The van der Waals surface area contributed by atoms with Crippen LogP contribution in [0.5, 0.6) is 11.5 Å². The fourth-order valence-corrected chi connectivity index (χ4v) is 2.72. The highest BCUT2D eigenvalue weighted by Gasteiger charge is 2.28. The average molecular weight is 344 g/mol. The normalized spacial score (nSPS) is 18.8. The first-order valence-electron chi connectivity index (χ1n) is 8.12. The third-order valence-electron chi connectivity index (χ3n) is 4.04. The molecule has 0 radical (unpaired) electrons. The van der Waals surface area contributed by atoms with Gasteiger partial charge in [-0.25, -0.2) is 4.98 Å². The second-order valence-electron chi connectivity index (χ2n) is 6.77. The molecular weight excluding hydrogens is 320 g/mol. The number of carbonyl (C=O) groups is 2. The summed E-state index contributed by atoms with van der Waals surface area (Å²) >= 11 is 0. The quantitative estimate of drug-likeness (QED) is 0.850. The van der Waals surface area contributed by atoms with Crippen LogP contribution in [0, 0.1) is 5.41 Å². The Labute approximate surface area is 147 Å². The molecule has 25 heavy (non-hydrogen) atoms. The molecule has 1 N–H and O–H groups in total. The number of aromatic nitrogens is 1. The Bertz CT molecular complexity index is 735. The van der Waals surface area contributed by atoms with Crippen molar-refractivity contribution in [3.8, 4) is 11.5 Å². The smallest absolute Gasteiger partial charge is 0.308 e. The number of nitrogens with zero attached hydrogens (tertiary/aromatic N) is 1. The lowest BCUT2D eigenvalue weighted by molar-refractivity contribution is -0.132. The summed E-state index contributed by atoms with van der Waals surface area (Å²) in [6, 6.07) is 1.40. The van der Waals surface area contributed by atoms with E-state index in [9.17, 15) is 9.59 Å². The van der Waals surface area contributed by atoms with Gasteiger partial charge in [0.1, 0.15) is 0 Å². The molecule has 0 aliphatic heterocycles. The number of allylic oxidation sites excluding steroid dienone is 3. The molecule has 1 aliphatic rings. The van der Waals surface area contributed by atoms with Crippen LogP contribution < -0.4 is 14.8 Å². The van der Waals surface area contributed by atoms with E-state index in [0.29, 0.717) is 0 Å². The van der Waals surface area contributed by atoms with Gasteiger partial charge in [-0.3, -0.25) is 9.59 Å². The minimum absolute atomic E-state index is 0.0253. The fourth-order valence-electron chi connectivity index (χ4n) is 2.72. The number of nitrogens with one attached hydrogen (secondary N) is 1. The van der Waals surface area contributed by atoms with E-state index in [4.69, 9.17) is 9.47 Å². The van der Waals surface area contributed by atoms with Crippen LogP contribution in [0.4, 0.5) is 0 Å². The van der Waals surface area contributed by atoms with Crippen LogP contribution in [0.25, 0.3) is 0 Å². The zero-order valence-corrected chi connectivity index (χ0v) is 15.3. The van der Waals surface area contributed by atoms with Gasteiger partial charge in [-0.1, -0.05) is 37.6 Å². The van der Waals surface area contributed by atoms with Gasteiger partial charge < -0.3 is 14.8 Å². The molecule has 0 spiro atoms. The predicted molar refractivity (Wildman–Crippen MR) is 94.6 cm³/mol. The fraction of sp³-hybridized carbons (Fsp3) is 0.421. The zero-order valence-electron chi connectivity index (χ0n) is 15.3. The number of esters is 1. The van der Waals surface area contributed by atoms with Crippen LogP contribution >= 0.6 is 0 Å². The van der Waals surface area contributed by atoms with Crippen LogP contribution in [0.15, 0.2) is 36.1 Å². The Kier molecular flexibility index (Phi) is 5.62. The Morgan fingerprint density at radius 1 is 1.36 bits per heavy atom. The van der Waals surface area contributed by atoms with Crippen LogP contribution in [0.2, 0.25) is 0 Å². The highest BCUT2D eigenvalue weighted by Crippen LogP contribution is 2.32. The second-order valence-corrected chi connectivity index (χ2v) is 6.77. The first-order valence-corrected chi connectivity index (χ1v) is 8.12. The Hall–Kier alpha value is -2.63. The molecule has 1 aromatic heterocycles. The van der Waals surface area contributed by atoms with Crippen LogP contribution in [0.3, 0.4) is 0 Å². The van der Waals surface area contributed by atoms with Crippen molar-refractivity contribution in [3.05, 3.63) is 41.8 Å². The van der Waals surface area contributed by atoms with E-state index in [0.717, 1.165) is 12.0 Å². The lowest BCUT2D eigenvalue weighted by atomic mass is 9.85. The summed E-state index contributed by atoms with van der Waals surface area (Å²) in [6.45, 7) is 7.47. The zero-order chi connectivity index (χ0) is 18.6. The number of pyridine rings is 1. The van der Waals surface area contributed by atoms with E-state index in [2.05, 4.69) is 30.2 Å². The van der Waals surface area contributed by atoms with Crippen molar-refractivity contribution in [2.75, 3.05) is 7.11 Å². The number of hydrogen-bond donors (Lipinski definition) is 1. The van der Waals surface area contributed by atoms with Crippen molar-refractivity contribution >= 4 is 11.9 Å². The predicted octanol–water partition coefficient (Wildman–Crippen LogP) is 3.05. The van der Waals surface area contributed by atoms with E-state index in [1.54, 1.807) is 6.07 Å². The molecule has 1 aromatic rings. The maximum absolute atomic E-state index is 12.8. The maximum Gasteiger partial charge on any atom is 0.308 e. The molecule has 6 nitrogen and oxygen atoms in total. The van der Waals surface area contributed by atoms with E-state index in [-0.39, 0.29) is 28.6 Å². The molecule has 1 atom stereocenters. The average Bonchev–Trinajstić information content (AvgIpc) is 2.65. The largest absolute Gasteiger partial charge is 0.493 e. The Morgan fingerprint density at radius 2 is 2.08 bits per heavy atom. The van der Waals surface area contributed by atoms with Gasteiger partial charge in [-0.2, -0.15) is 0 Å². The van der Waals surface area contributed by atoms with Crippen molar-refractivity contribution in [1.82, 2.24) is 10.3 Å². The Balaban J connectivity index is 2.30. The molecule has 134 valence electrons. The van der Waals surface area contributed by atoms with Gasteiger partial charge in [0, 0.05) is 19.2 Å². The molecule has 0 saturated carbocycles. The highest BCUT2D eigenvalue weighted by molar-refractivity contribution is 5.97. The molecule has 0 aromatic carbocycles. The third kappa shape index (κ3) is 4.68. The molecule has 1 unspecified atom stereocenters. The standard InChI is InChI=1S/C19H24N2O4/c1-12-7-6-9-19(3,4)11-14(12)21-18(23)16-17(25-13(2)22)15(24-5)8-10-20-16/h6-10,14H,11H2,1-5H3,(H,21,23). The van der Waals surface area contributed by atoms with Crippen molar-refractivity contribution in [2.45, 2.75) is 40.2 Å². The summed E-state index contributed by atoms with van der Waals surface area (Å²) in [7, 11) is 1.44. The van der Waals surface area contributed by atoms with E-state index in [1.165, 1.54) is 20.2 Å². The second kappa shape index (κ2) is 7.51. The molecule has 1 amide bonds. The number of carbonyl (C=O) groups excluding carboxylic acids is 2. The van der Waals surface area contributed by atoms with Gasteiger partial charge in [0.25, 0.3) is 5.91 Å². The lowest BCUT2D eigenvalue weighted by Crippen LogP contribution is -2.38. The minimum Gasteiger partial charge on any atom is -0.493 e. The number of rotatable bonds is 4. The van der Waals surface area contributed by atoms with Gasteiger partial charge >= 0.3 is 5.97 Å². The molecule has 6 heteroatoms. The van der Waals surface area contributed by atoms with Gasteiger partial charge in [0.2, 0.25) is 5.75 Å². The van der Waals surface area contributed by atoms with Crippen LogP contribution in [-0.2, 0) is 4.79 Å². The lowest BCUT2D eigenvalue weighted by Gasteiger charge is -2.27. The topological polar surface area (TPSA) is 77.5 Å². The van der Waals surface area contributed by atoms with Crippen LogP contribution in [0.1, 0.15) is 44.6 Å². The van der Waals surface area contributed by atoms with E-state index < -0.39 is 11.9 Å². The summed E-state index contributed by atoms with van der Waals surface area (Å²) in [5, 5.41) is 2.99. The summed E-state index contributed by atoms with van der Waals surface area (Å²) in [5.41, 5.74) is 1.02. The van der Waals surface area contributed by atoms with Crippen molar-refractivity contribution in [3.63, 3.8) is 0 Å². The van der Waals surface area contributed by atoms with Crippen molar-refractivity contribution in [1.29, 1.82) is 0 Å². The monoisotopic (exact) mass is 344 g/mol. The summed E-state index contributed by atoms with van der Waals surface area (Å²) in [5.74, 6) is -0.644. The SMILES string of the molecule is COc1ccnc(C(=O)NC2CC(C)(C)C=CC=C2C)c1OC(C)=O. The summed E-state index contributed by atoms with van der Waals surface area (Å²) < 4.78 is 10.3. The Morgan fingerprint density at radius 3 is 2.72 bits per heavy atom.